The average Bonchev–Trinajstić information content (AvgIpc) is 2.01. The van der Waals surface area contributed by atoms with Crippen molar-refractivity contribution in [2.45, 2.75) is 26.2 Å². The molecule has 1 radical (unpaired) electrons. The van der Waals surface area contributed by atoms with Crippen LogP contribution >= 0.6 is 0 Å². The monoisotopic (exact) mass is 151 g/mol. The standard InChI is InChI=1S/C10H12F/c1-2-3-5-9-6-4-7-10(11)8-9/h6-8H,2-3,5H2,1H3. The zero-order valence-corrected chi connectivity index (χ0v) is 6.73. The van der Waals surface area contributed by atoms with Crippen LogP contribution in [0.3, 0.4) is 0 Å². The average molecular weight is 151 g/mol. The molecule has 0 saturated carbocycles. The van der Waals surface area contributed by atoms with E-state index in [-0.39, 0.29) is 5.82 Å². The first-order valence-electron chi connectivity index (χ1n) is 3.98. The van der Waals surface area contributed by atoms with Gasteiger partial charge in [-0.3, -0.25) is 0 Å². The van der Waals surface area contributed by atoms with E-state index in [1.165, 1.54) is 6.07 Å². The van der Waals surface area contributed by atoms with Gasteiger partial charge < -0.3 is 0 Å². The van der Waals surface area contributed by atoms with Gasteiger partial charge in [0.05, 0.1) is 0 Å². The molecule has 59 valence electrons. The Bertz CT molecular complexity index is 218. The molecule has 0 amide bonds. The second kappa shape index (κ2) is 4.12. The van der Waals surface area contributed by atoms with Crippen LogP contribution in [0.15, 0.2) is 18.2 Å². The molecule has 0 bridgehead atoms. The van der Waals surface area contributed by atoms with Crippen molar-refractivity contribution in [1.82, 2.24) is 0 Å². The van der Waals surface area contributed by atoms with E-state index < -0.39 is 0 Å². The fourth-order valence-electron chi connectivity index (χ4n) is 1.01. The van der Waals surface area contributed by atoms with Gasteiger partial charge in [0.15, 0.2) is 0 Å². The zero-order chi connectivity index (χ0) is 8.10. The lowest BCUT2D eigenvalue weighted by molar-refractivity contribution is 0.624. The molecular formula is C10H12F. The number of rotatable bonds is 3. The minimum atomic E-state index is -0.182. The molecule has 0 fully saturated rings. The first kappa shape index (κ1) is 8.25. The third-order valence-corrected chi connectivity index (χ3v) is 1.63. The molecule has 0 aliphatic rings. The molecule has 0 aliphatic carbocycles. The highest BCUT2D eigenvalue weighted by atomic mass is 19.1. The lowest BCUT2D eigenvalue weighted by Crippen LogP contribution is -1.85. The van der Waals surface area contributed by atoms with Crippen molar-refractivity contribution in [1.29, 1.82) is 0 Å². The summed E-state index contributed by atoms with van der Waals surface area (Å²) in [7, 11) is 0. The fraction of sp³-hybridized carbons (Fsp3) is 0.400. The summed E-state index contributed by atoms with van der Waals surface area (Å²) < 4.78 is 12.6. The summed E-state index contributed by atoms with van der Waals surface area (Å²) in [6.07, 6.45) is 3.23. The molecule has 0 saturated heterocycles. The third kappa shape index (κ3) is 2.71. The van der Waals surface area contributed by atoms with E-state index in [9.17, 15) is 4.39 Å². The number of aryl methyl sites for hydroxylation is 1. The van der Waals surface area contributed by atoms with Gasteiger partial charge in [0, 0.05) is 0 Å². The van der Waals surface area contributed by atoms with Crippen LogP contribution in [0.1, 0.15) is 25.3 Å². The van der Waals surface area contributed by atoms with Gasteiger partial charge in [0.25, 0.3) is 0 Å². The predicted molar refractivity (Wildman–Crippen MR) is 43.8 cm³/mol. The summed E-state index contributed by atoms with van der Waals surface area (Å²) in [5.41, 5.74) is 1.05. The lowest BCUT2D eigenvalue weighted by atomic mass is 10.1. The van der Waals surface area contributed by atoms with Crippen molar-refractivity contribution in [3.05, 3.63) is 35.6 Å². The number of benzene rings is 1. The molecule has 1 heteroatoms. The topological polar surface area (TPSA) is 0 Å². The summed E-state index contributed by atoms with van der Waals surface area (Å²) in [5.74, 6) is -0.182. The smallest absolute Gasteiger partial charge is 0.124 e. The molecule has 0 aromatic heterocycles. The van der Waals surface area contributed by atoms with E-state index in [0.29, 0.717) is 0 Å². The predicted octanol–water partition coefficient (Wildman–Crippen LogP) is 2.97. The van der Waals surface area contributed by atoms with Gasteiger partial charge in [-0.2, -0.15) is 0 Å². The summed E-state index contributed by atoms with van der Waals surface area (Å²) in [5, 5.41) is 0. The van der Waals surface area contributed by atoms with Gasteiger partial charge in [0.1, 0.15) is 5.82 Å². The molecule has 1 aromatic rings. The Morgan fingerprint density at radius 3 is 2.91 bits per heavy atom. The molecule has 1 aromatic carbocycles. The van der Waals surface area contributed by atoms with Gasteiger partial charge in [-0.25, -0.2) is 4.39 Å². The Labute approximate surface area is 67.1 Å². The molecule has 1 rings (SSSR count). The second-order valence-electron chi connectivity index (χ2n) is 2.66. The summed E-state index contributed by atoms with van der Waals surface area (Å²) >= 11 is 0. The quantitative estimate of drug-likeness (QED) is 0.623. The molecule has 0 unspecified atom stereocenters. The molecule has 0 nitrogen and oxygen atoms in total. The summed E-state index contributed by atoms with van der Waals surface area (Å²) in [6.45, 7) is 2.13. The van der Waals surface area contributed by atoms with Crippen LogP contribution < -0.4 is 0 Å². The van der Waals surface area contributed by atoms with E-state index in [4.69, 9.17) is 0 Å². The van der Waals surface area contributed by atoms with Crippen molar-refractivity contribution in [3.8, 4) is 0 Å². The first-order chi connectivity index (χ1) is 5.33. The normalized spacial score (nSPS) is 10.0. The van der Waals surface area contributed by atoms with E-state index in [0.717, 1.165) is 24.8 Å². The number of unbranched alkanes of at least 4 members (excludes halogenated alkanes) is 1. The lowest BCUT2D eigenvalue weighted by Gasteiger charge is -1.97. The highest BCUT2D eigenvalue weighted by molar-refractivity contribution is 5.15. The van der Waals surface area contributed by atoms with E-state index in [2.05, 4.69) is 13.0 Å². The summed E-state index contributed by atoms with van der Waals surface area (Å²) in [4.78, 5) is 0. The molecule has 0 N–H and O–H groups in total. The first-order valence-corrected chi connectivity index (χ1v) is 3.98. The van der Waals surface area contributed by atoms with Gasteiger partial charge in [-0.05, 0) is 36.6 Å². The van der Waals surface area contributed by atoms with E-state index in [1.807, 2.05) is 6.07 Å². The molecule has 0 spiro atoms. The molecule has 0 atom stereocenters. The van der Waals surface area contributed by atoms with Crippen molar-refractivity contribution in [2.24, 2.45) is 0 Å². The Morgan fingerprint density at radius 1 is 1.45 bits per heavy atom. The minimum absolute atomic E-state index is 0.182. The highest BCUT2D eigenvalue weighted by Crippen LogP contribution is 2.06. The van der Waals surface area contributed by atoms with Gasteiger partial charge in [-0.1, -0.05) is 19.4 Å². The Morgan fingerprint density at radius 2 is 2.27 bits per heavy atom. The maximum atomic E-state index is 12.6. The van der Waals surface area contributed by atoms with Crippen molar-refractivity contribution in [3.63, 3.8) is 0 Å². The maximum Gasteiger partial charge on any atom is 0.124 e. The van der Waals surface area contributed by atoms with Gasteiger partial charge in [0.2, 0.25) is 0 Å². The number of halogens is 1. The highest BCUT2D eigenvalue weighted by Gasteiger charge is 1.93. The van der Waals surface area contributed by atoms with Crippen LogP contribution in [0.25, 0.3) is 0 Å². The van der Waals surface area contributed by atoms with Crippen LogP contribution in [-0.2, 0) is 6.42 Å². The van der Waals surface area contributed by atoms with Gasteiger partial charge in [-0.15, -0.1) is 0 Å². The Balaban J connectivity index is 2.56. The third-order valence-electron chi connectivity index (χ3n) is 1.63. The van der Waals surface area contributed by atoms with Crippen molar-refractivity contribution >= 4 is 0 Å². The Hall–Kier alpha value is -0.850. The summed E-state index contributed by atoms with van der Waals surface area (Å²) in [6, 6.07) is 7.54. The fourth-order valence-corrected chi connectivity index (χ4v) is 1.01. The maximum absolute atomic E-state index is 12.6. The van der Waals surface area contributed by atoms with Crippen molar-refractivity contribution in [2.75, 3.05) is 0 Å². The largest absolute Gasteiger partial charge is 0.207 e. The van der Waals surface area contributed by atoms with Gasteiger partial charge >= 0.3 is 0 Å². The molecule has 0 aliphatic heterocycles. The molecule has 0 heterocycles. The van der Waals surface area contributed by atoms with Crippen molar-refractivity contribution < 1.29 is 4.39 Å². The second-order valence-corrected chi connectivity index (χ2v) is 2.66. The Kier molecular flexibility index (Phi) is 3.09. The zero-order valence-electron chi connectivity index (χ0n) is 6.73. The number of hydrogen-bond acceptors (Lipinski definition) is 0. The van der Waals surface area contributed by atoms with Crippen LogP contribution in [-0.4, -0.2) is 0 Å². The van der Waals surface area contributed by atoms with E-state index >= 15 is 0 Å². The number of hydrogen-bond donors (Lipinski definition) is 0. The van der Waals surface area contributed by atoms with Crippen LogP contribution in [0.4, 0.5) is 4.39 Å². The van der Waals surface area contributed by atoms with Crippen LogP contribution in [0.5, 0.6) is 0 Å². The van der Waals surface area contributed by atoms with Crippen LogP contribution in [0, 0.1) is 11.9 Å². The SMILES string of the molecule is CCCCc1c[c]cc(F)c1. The minimum Gasteiger partial charge on any atom is -0.207 e. The van der Waals surface area contributed by atoms with Crippen LogP contribution in [0.2, 0.25) is 0 Å². The molecule has 11 heavy (non-hydrogen) atoms. The molecular weight excluding hydrogens is 139 g/mol. The van der Waals surface area contributed by atoms with E-state index in [1.54, 1.807) is 6.07 Å².